The Morgan fingerprint density at radius 1 is 1.15 bits per heavy atom. The molecular weight excluding hydrogens is 474 g/mol. The molecule has 7 nitrogen and oxygen atoms in total. The van der Waals surface area contributed by atoms with Gasteiger partial charge in [0.2, 0.25) is 0 Å². The van der Waals surface area contributed by atoms with Crippen LogP contribution in [0.1, 0.15) is 31.0 Å². The molecule has 0 saturated heterocycles. The topological polar surface area (TPSA) is 81.0 Å². The summed E-state index contributed by atoms with van der Waals surface area (Å²) in [6.45, 7) is 4.07. The maximum atomic E-state index is 13.9. The lowest BCUT2D eigenvalue weighted by molar-refractivity contribution is -0.136. The van der Waals surface area contributed by atoms with Gasteiger partial charge in [0.1, 0.15) is 10.6 Å². The van der Waals surface area contributed by atoms with Gasteiger partial charge >= 0.3 is 5.97 Å². The summed E-state index contributed by atoms with van der Waals surface area (Å²) in [6.07, 6.45) is 0. The van der Waals surface area contributed by atoms with Crippen LogP contribution in [-0.4, -0.2) is 30.1 Å². The fraction of sp³-hybridized carbons (Fsp3) is 0.200. The molecule has 1 amide bonds. The highest BCUT2D eigenvalue weighted by atomic mass is 35.5. The normalized spacial score (nSPS) is 18.5. The van der Waals surface area contributed by atoms with E-state index in [1.165, 1.54) is 11.7 Å². The molecule has 5 rings (SSSR count). The lowest BCUT2D eigenvalue weighted by Crippen LogP contribution is -2.41. The number of fused-ring (bicyclic) bond motifs is 2. The number of nitrogens with zero attached hydrogens (tertiary/aromatic N) is 3. The Bertz CT molecular complexity index is 1580. The van der Waals surface area contributed by atoms with Crippen LogP contribution in [0.5, 0.6) is 0 Å². The van der Waals surface area contributed by atoms with Crippen LogP contribution < -0.4 is 19.8 Å². The number of benzene rings is 2. The number of allylic oxidation sites excluding steroid dienone is 1. The number of aromatic nitrogens is 1. The molecule has 2 aromatic carbocycles. The number of likely N-dealkylation sites (N-methyl/N-ethyl adjacent to an activating group) is 1. The van der Waals surface area contributed by atoms with Crippen molar-refractivity contribution < 1.29 is 14.3 Å². The molecule has 0 N–H and O–H groups in total. The zero-order valence-electron chi connectivity index (χ0n) is 18.7. The lowest BCUT2D eigenvalue weighted by Gasteiger charge is -2.25. The first-order valence-corrected chi connectivity index (χ1v) is 11.9. The molecular formula is C25H20ClN3O4S. The van der Waals surface area contributed by atoms with Crippen molar-refractivity contribution in [2.75, 3.05) is 18.6 Å². The Kier molecular flexibility index (Phi) is 5.50. The highest BCUT2D eigenvalue weighted by Crippen LogP contribution is 2.36. The van der Waals surface area contributed by atoms with E-state index in [1.54, 1.807) is 36.1 Å². The Morgan fingerprint density at radius 3 is 2.56 bits per heavy atom. The van der Waals surface area contributed by atoms with E-state index >= 15 is 0 Å². The van der Waals surface area contributed by atoms with E-state index < -0.39 is 17.6 Å². The fourth-order valence-corrected chi connectivity index (χ4v) is 5.92. The number of anilines is 1. The highest BCUT2D eigenvalue weighted by molar-refractivity contribution is 7.07. The Balaban J connectivity index is 1.87. The molecule has 3 aromatic rings. The molecule has 0 spiro atoms. The molecule has 0 radical (unpaired) electrons. The first kappa shape index (κ1) is 22.3. The van der Waals surface area contributed by atoms with Gasteiger partial charge in [-0.05, 0) is 31.5 Å². The summed E-state index contributed by atoms with van der Waals surface area (Å²) in [7, 11) is 1.28. The second-order valence-corrected chi connectivity index (χ2v) is 9.24. The van der Waals surface area contributed by atoms with Crippen LogP contribution in [0, 0.1) is 0 Å². The molecule has 1 atom stereocenters. The molecule has 2 aliphatic rings. The van der Waals surface area contributed by atoms with Gasteiger partial charge in [-0.25, -0.2) is 9.79 Å². The Hall–Kier alpha value is -3.49. The van der Waals surface area contributed by atoms with Gasteiger partial charge in [0.25, 0.3) is 11.5 Å². The number of para-hydroxylation sites is 1. The quantitative estimate of drug-likeness (QED) is 0.525. The third kappa shape index (κ3) is 3.17. The minimum absolute atomic E-state index is 0.229. The molecule has 9 heteroatoms. The fourth-order valence-electron chi connectivity index (χ4n) is 4.55. The molecule has 0 aliphatic carbocycles. The van der Waals surface area contributed by atoms with E-state index in [0.717, 1.165) is 17.0 Å². The van der Waals surface area contributed by atoms with E-state index in [1.807, 2.05) is 31.2 Å². The molecule has 0 fully saturated rings. The molecule has 0 saturated carbocycles. The molecule has 0 unspecified atom stereocenters. The van der Waals surface area contributed by atoms with Gasteiger partial charge in [-0.15, -0.1) is 0 Å². The van der Waals surface area contributed by atoms with Gasteiger partial charge in [0, 0.05) is 17.1 Å². The monoisotopic (exact) mass is 493 g/mol. The number of carbonyl (C=O) groups excluding carboxylic acids is 2. The summed E-state index contributed by atoms with van der Waals surface area (Å²) >= 11 is 7.65. The minimum Gasteiger partial charge on any atom is -0.466 e. The van der Waals surface area contributed by atoms with E-state index in [4.69, 9.17) is 16.3 Å². The van der Waals surface area contributed by atoms with Crippen LogP contribution in [0.15, 0.2) is 69.6 Å². The van der Waals surface area contributed by atoms with Crippen molar-refractivity contribution in [2.24, 2.45) is 4.99 Å². The lowest BCUT2D eigenvalue weighted by atomic mass is 9.96. The van der Waals surface area contributed by atoms with E-state index in [9.17, 15) is 14.4 Å². The van der Waals surface area contributed by atoms with Crippen molar-refractivity contribution in [3.8, 4) is 0 Å². The number of methoxy groups -OCH3 is 1. The van der Waals surface area contributed by atoms with Crippen LogP contribution in [0.2, 0.25) is 5.02 Å². The van der Waals surface area contributed by atoms with Gasteiger partial charge < -0.3 is 9.64 Å². The number of amides is 1. The smallest absolute Gasteiger partial charge is 0.338 e. The third-order valence-corrected chi connectivity index (χ3v) is 7.47. The molecule has 3 heterocycles. The van der Waals surface area contributed by atoms with Gasteiger partial charge in [0.15, 0.2) is 4.80 Å². The van der Waals surface area contributed by atoms with E-state index in [2.05, 4.69) is 4.99 Å². The number of thiazole rings is 1. The number of halogens is 1. The summed E-state index contributed by atoms with van der Waals surface area (Å²) < 4.78 is 6.75. The van der Waals surface area contributed by atoms with E-state index in [-0.39, 0.29) is 16.0 Å². The predicted molar refractivity (Wildman–Crippen MR) is 131 cm³/mol. The van der Waals surface area contributed by atoms with Crippen molar-refractivity contribution >= 4 is 46.1 Å². The number of ether oxygens (including phenoxy) is 1. The Labute approximate surface area is 203 Å². The SMILES string of the molecule is CCN1C(=O)/C(=c2\sc3n(c2=O)[C@@H](c2ccccc2Cl)C(C(=O)OC)=C(C)N=3)c2ccccc21. The second kappa shape index (κ2) is 8.38. The van der Waals surface area contributed by atoms with Crippen molar-refractivity contribution in [3.63, 3.8) is 0 Å². The molecule has 172 valence electrons. The number of esters is 1. The summed E-state index contributed by atoms with van der Waals surface area (Å²) in [5, 5.41) is 0.404. The highest BCUT2D eigenvalue weighted by Gasteiger charge is 2.37. The van der Waals surface area contributed by atoms with Gasteiger partial charge in [0.05, 0.1) is 29.6 Å². The minimum atomic E-state index is -0.833. The van der Waals surface area contributed by atoms with Crippen molar-refractivity contribution in [3.05, 3.63) is 95.6 Å². The Morgan fingerprint density at radius 2 is 1.85 bits per heavy atom. The van der Waals surface area contributed by atoms with Crippen molar-refractivity contribution in [1.82, 2.24) is 4.57 Å². The number of carbonyl (C=O) groups is 2. The molecule has 2 aliphatic heterocycles. The summed E-state index contributed by atoms with van der Waals surface area (Å²) in [6, 6.07) is 13.6. The first-order valence-electron chi connectivity index (χ1n) is 10.7. The van der Waals surface area contributed by atoms with Gasteiger partial charge in [-0.2, -0.15) is 0 Å². The third-order valence-electron chi connectivity index (χ3n) is 6.07. The van der Waals surface area contributed by atoms with Gasteiger partial charge in [-0.1, -0.05) is 59.3 Å². The number of hydrogen-bond acceptors (Lipinski definition) is 6. The average Bonchev–Trinajstić information content (AvgIpc) is 3.30. The maximum Gasteiger partial charge on any atom is 0.338 e. The van der Waals surface area contributed by atoms with E-state index in [0.29, 0.717) is 38.8 Å². The number of hydrogen-bond donors (Lipinski definition) is 0. The molecule has 1 aromatic heterocycles. The van der Waals surface area contributed by atoms with Crippen LogP contribution in [0.25, 0.3) is 5.57 Å². The largest absolute Gasteiger partial charge is 0.466 e. The summed E-state index contributed by atoms with van der Waals surface area (Å²) in [5.74, 6) is -0.823. The van der Waals surface area contributed by atoms with Crippen LogP contribution in [0.3, 0.4) is 0 Å². The second-order valence-electron chi connectivity index (χ2n) is 7.86. The summed E-state index contributed by atoms with van der Waals surface area (Å²) in [5.41, 5.74) is 2.65. The van der Waals surface area contributed by atoms with Crippen molar-refractivity contribution in [2.45, 2.75) is 19.9 Å². The zero-order valence-corrected chi connectivity index (χ0v) is 20.2. The number of rotatable bonds is 3. The maximum absolute atomic E-state index is 13.9. The van der Waals surface area contributed by atoms with Crippen LogP contribution >= 0.6 is 22.9 Å². The van der Waals surface area contributed by atoms with Gasteiger partial charge in [-0.3, -0.25) is 14.2 Å². The zero-order chi connectivity index (χ0) is 24.1. The van der Waals surface area contributed by atoms with Crippen molar-refractivity contribution in [1.29, 1.82) is 0 Å². The standard InChI is InChI=1S/C25H20ClN3O4S/c1-4-28-17-12-8-6-10-15(17)19(22(28)30)21-23(31)29-20(14-9-5-7-11-16(14)26)18(24(32)33-3)13(2)27-25(29)34-21/h5-12,20H,4H2,1-3H3/b21-19-/t20-/m0/s1. The summed E-state index contributed by atoms with van der Waals surface area (Å²) in [4.78, 5) is 46.7. The first-order chi connectivity index (χ1) is 16.4. The predicted octanol–water partition coefficient (Wildman–Crippen LogP) is 2.80. The average molecular weight is 494 g/mol. The molecule has 0 bridgehead atoms. The van der Waals surface area contributed by atoms with Crippen LogP contribution in [0.4, 0.5) is 5.69 Å². The molecule has 34 heavy (non-hydrogen) atoms. The van der Waals surface area contributed by atoms with Crippen LogP contribution in [-0.2, 0) is 14.3 Å².